The van der Waals surface area contributed by atoms with Gasteiger partial charge in [0.15, 0.2) is 0 Å². The monoisotopic (exact) mass is 534 g/mol. The third-order valence-electron chi connectivity index (χ3n) is 8.14. The molecule has 6 aromatic carbocycles. The van der Waals surface area contributed by atoms with Crippen LogP contribution in [0.25, 0.3) is 77.1 Å². The van der Waals surface area contributed by atoms with E-state index in [0.29, 0.717) is 0 Å². The fourth-order valence-electron chi connectivity index (χ4n) is 6.18. The van der Waals surface area contributed by atoms with Gasteiger partial charge in [0.25, 0.3) is 0 Å². The number of rotatable bonds is 4. The van der Waals surface area contributed by atoms with Crippen LogP contribution in [0.1, 0.15) is 0 Å². The van der Waals surface area contributed by atoms with Gasteiger partial charge in [0.2, 0.25) is 0 Å². The Labute approximate surface area is 244 Å². The molecule has 0 bridgehead atoms. The van der Waals surface area contributed by atoms with Crippen LogP contribution in [0.3, 0.4) is 0 Å². The van der Waals surface area contributed by atoms with Gasteiger partial charge in [-0.3, -0.25) is 9.97 Å². The van der Waals surface area contributed by atoms with Crippen molar-refractivity contribution in [1.29, 1.82) is 0 Å². The molecule has 8 rings (SSSR count). The van der Waals surface area contributed by atoms with Gasteiger partial charge < -0.3 is 0 Å². The molecular weight excluding hydrogens is 508 g/mol. The van der Waals surface area contributed by atoms with Crippen molar-refractivity contribution in [3.63, 3.8) is 0 Å². The minimum absolute atomic E-state index is 0.926. The van der Waals surface area contributed by atoms with Gasteiger partial charge in [-0.15, -0.1) is 0 Å². The second-order valence-corrected chi connectivity index (χ2v) is 10.6. The summed E-state index contributed by atoms with van der Waals surface area (Å²) in [4.78, 5) is 9.29. The summed E-state index contributed by atoms with van der Waals surface area (Å²) in [7, 11) is 0. The van der Waals surface area contributed by atoms with Gasteiger partial charge in [0.05, 0.1) is 11.4 Å². The fourth-order valence-corrected chi connectivity index (χ4v) is 6.18. The summed E-state index contributed by atoms with van der Waals surface area (Å²) in [5.74, 6) is 0. The van der Waals surface area contributed by atoms with Gasteiger partial charge >= 0.3 is 0 Å². The summed E-state index contributed by atoms with van der Waals surface area (Å²) in [5.41, 5.74) is 8.91. The van der Waals surface area contributed by atoms with Crippen molar-refractivity contribution >= 4 is 32.3 Å². The molecule has 42 heavy (non-hydrogen) atoms. The molecule has 0 saturated carbocycles. The Hall–Kier alpha value is -5.60. The molecule has 0 aliphatic rings. The van der Waals surface area contributed by atoms with Crippen molar-refractivity contribution in [3.05, 3.63) is 158 Å². The Morgan fingerprint density at radius 1 is 0.333 bits per heavy atom. The molecule has 8 aromatic rings. The minimum atomic E-state index is 0.926. The maximum atomic E-state index is 4.82. The standard InChI is InChI=1S/C40H26N2/c1-2-11-28-24-31(20-19-27(28)10-1)40-35-16-5-3-14-33(35)39(34-15-4-6-17-36(34)40)30-13-9-12-29(25-30)38-22-21-32(26-42-38)37-18-7-8-23-41-37/h1-26H. The average Bonchev–Trinajstić information content (AvgIpc) is 3.07. The van der Waals surface area contributed by atoms with Crippen LogP contribution in [-0.4, -0.2) is 9.97 Å². The molecule has 196 valence electrons. The number of pyridine rings is 2. The first-order valence-corrected chi connectivity index (χ1v) is 14.2. The Kier molecular flexibility index (Phi) is 5.82. The molecule has 2 heteroatoms. The molecule has 0 radical (unpaired) electrons. The molecule has 0 aliphatic heterocycles. The first-order chi connectivity index (χ1) is 20.8. The maximum Gasteiger partial charge on any atom is 0.0717 e. The molecule has 0 atom stereocenters. The lowest BCUT2D eigenvalue weighted by atomic mass is 9.85. The third-order valence-corrected chi connectivity index (χ3v) is 8.14. The second kappa shape index (κ2) is 10.1. The van der Waals surface area contributed by atoms with Crippen LogP contribution in [0, 0.1) is 0 Å². The van der Waals surface area contributed by atoms with Gasteiger partial charge in [-0.25, -0.2) is 0 Å². The smallest absolute Gasteiger partial charge is 0.0717 e. The van der Waals surface area contributed by atoms with E-state index in [0.717, 1.165) is 22.5 Å². The number of hydrogen-bond acceptors (Lipinski definition) is 2. The number of hydrogen-bond donors (Lipinski definition) is 0. The topological polar surface area (TPSA) is 25.8 Å². The molecule has 0 aliphatic carbocycles. The van der Waals surface area contributed by atoms with E-state index >= 15 is 0 Å². The van der Waals surface area contributed by atoms with Crippen molar-refractivity contribution in [2.24, 2.45) is 0 Å². The van der Waals surface area contributed by atoms with Crippen LogP contribution in [0.4, 0.5) is 0 Å². The molecule has 0 N–H and O–H groups in total. The van der Waals surface area contributed by atoms with E-state index < -0.39 is 0 Å². The third kappa shape index (κ3) is 4.13. The maximum absolute atomic E-state index is 4.82. The molecule has 2 heterocycles. The largest absolute Gasteiger partial charge is 0.256 e. The summed E-state index contributed by atoms with van der Waals surface area (Å²) in [6, 6.07) is 51.9. The van der Waals surface area contributed by atoms with Gasteiger partial charge in [0.1, 0.15) is 0 Å². The minimum Gasteiger partial charge on any atom is -0.256 e. The summed E-state index contributed by atoms with van der Waals surface area (Å²) in [5, 5.41) is 7.51. The highest BCUT2D eigenvalue weighted by atomic mass is 14.7. The highest BCUT2D eigenvalue weighted by molar-refractivity contribution is 6.21. The molecule has 2 aromatic heterocycles. The highest BCUT2D eigenvalue weighted by Crippen LogP contribution is 2.44. The van der Waals surface area contributed by atoms with Crippen LogP contribution in [0.2, 0.25) is 0 Å². The Morgan fingerprint density at radius 2 is 0.905 bits per heavy atom. The van der Waals surface area contributed by atoms with E-state index in [9.17, 15) is 0 Å². The van der Waals surface area contributed by atoms with E-state index in [-0.39, 0.29) is 0 Å². The lowest BCUT2D eigenvalue weighted by molar-refractivity contribution is 1.28. The summed E-state index contributed by atoms with van der Waals surface area (Å²) >= 11 is 0. The quantitative estimate of drug-likeness (QED) is 0.210. The van der Waals surface area contributed by atoms with Crippen LogP contribution in [-0.2, 0) is 0 Å². The van der Waals surface area contributed by atoms with E-state index in [4.69, 9.17) is 4.98 Å². The first-order valence-electron chi connectivity index (χ1n) is 14.2. The van der Waals surface area contributed by atoms with E-state index in [1.165, 1.54) is 54.6 Å². The fraction of sp³-hybridized carbons (Fsp3) is 0. The Morgan fingerprint density at radius 3 is 1.55 bits per heavy atom. The van der Waals surface area contributed by atoms with E-state index in [2.05, 4.69) is 132 Å². The Bertz CT molecular complexity index is 2180. The van der Waals surface area contributed by atoms with Crippen LogP contribution in [0.15, 0.2) is 158 Å². The SMILES string of the molecule is c1ccc(-c2ccc(-c3cccc(-c4c5ccccc5c(-c5ccc6ccccc6c5)c5ccccc45)c3)nc2)nc1. The van der Waals surface area contributed by atoms with Crippen molar-refractivity contribution in [3.8, 4) is 44.8 Å². The van der Waals surface area contributed by atoms with Gasteiger partial charge in [-0.2, -0.15) is 0 Å². The molecule has 2 nitrogen and oxygen atoms in total. The highest BCUT2D eigenvalue weighted by Gasteiger charge is 2.17. The molecule has 0 spiro atoms. The predicted octanol–water partition coefficient (Wildman–Crippen LogP) is 10.6. The van der Waals surface area contributed by atoms with Crippen LogP contribution >= 0.6 is 0 Å². The van der Waals surface area contributed by atoms with Crippen molar-refractivity contribution in [2.45, 2.75) is 0 Å². The normalized spacial score (nSPS) is 11.3. The van der Waals surface area contributed by atoms with Crippen LogP contribution in [0.5, 0.6) is 0 Å². The first kappa shape index (κ1) is 24.2. The molecule has 0 unspecified atom stereocenters. The number of nitrogens with zero attached hydrogens (tertiary/aromatic N) is 2. The molecule has 0 amide bonds. The lowest BCUT2D eigenvalue weighted by Gasteiger charge is -2.18. The number of aromatic nitrogens is 2. The van der Waals surface area contributed by atoms with Crippen molar-refractivity contribution in [2.75, 3.05) is 0 Å². The van der Waals surface area contributed by atoms with Crippen LogP contribution < -0.4 is 0 Å². The molecule has 0 fully saturated rings. The number of fused-ring (bicyclic) bond motifs is 3. The van der Waals surface area contributed by atoms with E-state index in [1.807, 2.05) is 30.6 Å². The predicted molar refractivity (Wildman–Crippen MR) is 176 cm³/mol. The second-order valence-electron chi connectivity index (χ2n) is 10.6. The molecule has 0 saturated heterocycles. The lowest BCUT2D eigenvalue weighted by Crippen LogP contribution is -1.92. The summed E-state index contributed by atoms with van der Waals surface area (Å²) in [6.07, 6.45) is 3.72. The van der Waals surface area contributed by atoms with Gasteiger partial charge in [0, 0.05) is 23.5 Å². The zero-order valence-electron chi connectivity index (χ0n) is 22.9. The summed E-state index contributed by atoms with van der Waals surface area (Å²) in [6.45, 7) is 0. The van der Waals surface area contributed by atoms with Crippen molar-refractivity contribution in [1.82, 2.24) is 9.97 Å². The van der Waals surface area contributed by atoms with E-state index in [1.54, 1.807) is 0 Å². The zero-order chi connectivity index (χ0) is 27.9. The Balaban J connectivity index is 1.32. The summed E-state index contributed by atoms with van der Waals surface area (Å²) < 4.78 is 0. The zero-order valence-corrected chi connectivity index (χ0v) is 22.9. The average molecular weight is 535 g/mol. The van der Waals surface area contributed by atoms with Crippen molar-refractivity contribution < 1.29 is 0 Å². The van der Waals surface area contributed by atoms with Gasteiger partial charge in [-0.05, 0) is 91.0 Å². The number of benzene rings is 6. The van der Waals surface area contributed by atoms with Gasteiger partial charge in [-0.1, -0.05) is 109 Å². The molecular formula is C40H26N2.